The van der Waals surface area contributed by atoms with Crippen LogP contribution >= 0.6 is 11.8 Å². The highest BCUT2D eigenvalue weighted by atomic mass is 32.2. The molecule has 0 heterocycles. The molecule has 1 rings (SSSR count). The van der Waals surface area contributed by atoms with Gasteiger partial charge in [-0.2, -0.15) is 11.8 Å². The van der Waals surface area contributed by atoms with Crippen LogP contribution in [-0.4, -0.2) is 44.4 Å². The van der Waals surface area contributed by atoms with Crippen LogP contribution in [0.1, 0.15) is 24.2 Å². The maximum atomic E-state index is 6.28. The van der Waals surface area contributed by atoms with Gasteiger partial charge in [-0.1, -0.05) is 19.1 Å². The van der Waals surface area contributed by atoms with E-state index in [0.717, 1.165) is 24.5 Å². The van der Waals surface area contributed by atoms with Gasteiger partial charge in [-0.25, -0.2) is 0 Å². The Morgan fingerprint density at radius 1 is 1.37 bits per heavy atom. The number of benzene rings is 1. The first-order valence-electron chi connectivity index (χ1n) is 6.74. The summed E-state index contributed by atoms with van der Waals surface area (Å²) < 4.78 is 5.30. The van der Waals surface area contributed by atoms with E-state index in [1.807, 2.05) is 23.9 Å². The average molecular weight is 282 g/mol. The highest BCUT2D eigenvalue weighted by molar-refractivity contribution is 7.99. The van der Waals surface area contributed by atoms with Gasteiger partial charge in [-0.15, -0.1) is 0 Å². The number of rotatable bonds is 8. The summed E-state index contributed by atoms with van der Waals surface area (Å²) >= 11 is 1.93. The van der Waals surface area contributed by atoms with Crippen molar-refractivity contribution in [2.24, 2.45) is 5.73 Å². The first kappa shape index (κ1) is 16.3. The Labute approximate surface area is 121 Å². The number of hydrogen-bond donors (Lipinski definition) is 1. The van der Waals surface area contributed by atoms with E-state index < -0.39 is 0 Å². The summed E-state index contributed by atoms with van der Waals surface area (Å²) in [6, 6.07) is 8.44. The zero-order valence-corrected chi connectivity index (χ0v) is 13.2. The Balaban J connectivity index is 2.77. The third-order valence-electron chi connectivity index (χ3n) is 3.12. The summed E-state index contributed by atoms with van der Waals surface area (Å²) in [5, 5.41) is 0.333. The molecular weight excluding hydrogens is 256 g/mol. The van der Waals surface area contributed by atoms with Crippen LogP contribution in [0.4, 0.5) is 0 Å². The Morgan fingerprint density at radius 3 is 2.68 bits per heavy atom. The maximum Gasteiger partial charge on any atom is 0.119 e. The summed E-state index contributed by atoms with van der Waals surface area (Å²) in [5.41, 5.74) is 7.54. The largest absolute Gasteiger partial charge is 0.497 e. The smallest absolute Gasteiger partial charge is 0.119 e. The SMILES string of the molecule is CCC(N)C(SCCN(C)C)c1cccc(OC)c1. The molecule has 0 saturated heterocycles. The Bertz CT molecular complexity index is 371. The first-order valence-corrected chi connectivity index (χ1v) is 7.79. The Morgan fingerprint density at radius 2 is 2.11 bits per heavy atom. The lowest BCUT2D eigenvalue weighted by Gasteiger charge is -2.24. The molecule has 0 amide bonds. The van der Waals surface area contributed by atoms with Crippen molar-refractivity contribution in [1.82, 2.24) is 4.90 Å². The lowest BCUT2D eigenvalue weighted by atomic mass is 10.0. The van der Waals surface area contributed by atoms with Crippen molar-refractivity contribution in [3.05, 3.63) is 29.8 Å². The van der Waals surface area contributed by atoms with E-state index in [4.69, 9.17) is 10.5 Å². The molecular formula is C15H26N2OS. The molecule has 2 N–H and O–H groups in total. The lowest BCUT2D eigenvalue weighted by molar-refractivity contribution is 0.414. The van der Waals surface area contributed by atoms with Crippen molar-refractivity contribution < 1.29 is 4.74 Å². The van der Waals surface area contributed by atoms with Crippen LogP contribution in [0.3, 0.4) is 0 Å². The minimum absolute atomic E-state index is 0.180. The topological polar surface area (TPSA) is 38.5 Å². The standard InChI is InChI=1S/C15H26N2OS/c1-5-14(16)15(19-10-9-17(2)3)12-7-6-8-13(11-12)18-4/h6-8,11,14-15H,5,9-10,16H2,1-4H3. The van der Waals surface area contributed by atoms with Gasteiger partial charge in [0.25, 0.3) is 0 Å². The predicted molar refractivity (Wildman–Crippen MR) is 85.0 cm³/mol. The highest BCUT2D eigenvalue weighted by Gasteiger charge is 2.19. The van der Waals surface area contributed by atoms with Gasteiger partial charge >= 0.3 is 0 Å². The Kier molecular flexibility index (Phi) is 7.28. The fourth-order valence-corrected chi connectivity index (χ4v) is 3.37. The fourth-order valence-electron chi connectivity index (χ4n) is 1.86. The van der Waals surface area contributed by atoms with Gasteiger partial charge in [-0.05, 0) is 38.2 Å². The van der Waals surface area contributed by atoms with Gasteiger partial charge in [0.15, 0.2) is 0 Å². The van der Waals surface area contributed by atoms with Crippen LogP contribution in [0.2, 0.25) is 0 Å². The zero-order valence-electron chi connectivity index (χ0n) is 12.4. The molecule has 1 aromatic rings. The summed E-state index contributed by atoms with van der Waals surface area (Å²) in [6.07, 6.45) is 0.983. The second-order valence-electron chi connectivity index (χ2n) is 4.94. The summed E-state index contributed by atoms with van der Waals surface area (Å²) in [5.74, 6) is 1.99. The number of ether oxygens (including phenoxy) is 1. The molecule has 0 bridgehead atoms. The van der Waals surface area contributed by atoms with Crippen molar-refractivity contribution in [3.8, 4) is 5.75 Å². The summed E-state index contributed by atoms with van der Waals surface area (Å²) in [4.78, 5) is 2.20. The lowest BCUT2D eigenvalue weighted by Crippen LogP contribution is -2.27. The molecule has 0 aromatic heterocycles. The summed E-state index contributed by atoms with van der Waals surface area (Å²) in [6.45, 7) is 3.21. The van der Waals surface area contributed by atoms with Crippen molar-refractivity contribution in [2.75, 3.05) is 33.5 Å². The van der Waals surface area contributed by atoms with Crippen LogP contribution in [-0.2, 0) is 0 Å². The number of thioether (sulfide) groups is 1. The number of hydrogen-bond acceptors (Lipinski definition) is 4. The van der Waals surface area contributed by atoms with Crippen LogP contribution in [0.15, 0.2) is 24.3 Å². The quantitative estimate of drug-likeness (QED) is 0.796. The number of nitrogens with zero attached hydrogens (tertiary/aromatic N) is 1. The van der Waals surface area contributed by atoms with E-state index in [-0.39, 0.29) is 6.04 Å². The minimum Gasteiger partial charge on any atom is -0.497 e. The van der Waals surface area contributed by atoms with Gasteiger partial charge in [0, 0.05) is 23.6 Å². The van der Waals surface area contributed by atoms with Gasteiger partial charge in [0.2, 0.25) is 0 Å². The van der Waals surface area contributed by atoms with Gasteiger partial charge in [-0.3, -0.25) is 0 Å². The molecule has 2 atom stereocenters. The van der Waals surface area contributed by atoms with E-state index in [0.29, 0.717) is 5.25 Å². The molecule has 4 heteroatoms. The van der Waals surface area contributed by atoms with E-state index >= 15 is 0 Å². The molecule has 0 saturated carbocycles. The van der Waals surface area contributed by atoms with E-state index in [1.54, 1.807) is 7.11 Å². The molecule has 0 aliphatic carbocycles. The average Bonchev–Trinajstić information content (AvgIpc) is 2.42. The first-order chi connectivity index (χ1) is 9.08. The molecule has 1 aromatic carbocycles. The van der Waals surface area contributed by atoms with Crippen LogP contribution < -0.4 is 10.5 Å². The zero-order chi connectivity index (χ0) is 14.3. The molecule has 0 fully saturated rings. The van der Waals surface area contributed by atoms with Crippen molar-refractivity contribution in [1.29, 1.82) is 0 Å². The Hall–Kier alpha value is -0.710. The molecule has 0 aliphatic heterocycles. The monoisotopic (exact) mass is 282 g/mol. The number of nitrogens with two attached hydrogens (primary N) is 1. The minimum atomic E-state index is 0.180. The third kappa shape index (κ3) is 5.43. The molecule has 19 heavy (non-hydrogen) atoms. The molecule has 0 aliphatic rings. The van der Waals surface area contributed by atoms with E-state index in [1.165, 1.54) is 5.56 Å². The molecule has 3 nitrogen and oxygen atoms in total. The fraction of sp³-hybridized carbons (Fsp3) is 0.600. The highest BCUT2D eigenvalue weighted by Crippen LogP contribution is 2.34. The van der Waals surface area contributed by atoms with Gasteiger partial charge < -0.3 is 15.4 Å². The molecule has 2 unspecified atom stereocenters. The second-order valence-corrected chi connectivity index (χ2v) is 6.19. The molecule has 108 valence electrons. The molecule has 0 spiro atoms. The maximum absolute atomic E-state index is 6.28. The van der Waals surface area contributed by atoms with E-state index in [2.05, 4.69) is 38.1 Å². The van der Waals surface area contributed by atoms with Crippen molar-refractivity contribution >= 4 is 11.8 Å². The van der Waals surface area contributed by atoms with E-state index in [9.17, 15) is 0 Å². The van der Waals surface area contributed by atoms with Crippen LogP contribution in [0, 0.1) is 0 Å². The predicted octanol–water partition coefficient (Wildman–Crippen LogP) is 2.77. The normalized spacial score (nSPS) is 14.4. The van der Waals surface area contributed by atoms with Crippen molar-refractivity contribution in [3.63, 3.8) is 0 Å². The number of methoxy groups -OCH3 is 1. The van der Waals surface area contributed by atoms with Crippen LogP contribution in [0.25, 0.3) is 0 Å². The summed E-state index contributed by atoms with van der Waals surface area (Å²) in [7, 11) is 5.90. The van der Waals surface area contributed by atoms with Crippen molar-refractivity contribution in [2.45, 2.75) is 24.6 Å². The third-order valence-corrected chi connectivity index (χ3v) is 4.52. The van der Waals surface area contributed by atoms with Crippen LogP contribution in [0.5, 0.6) is 5.75 Å². The second kappa shape index (κ2) is 8.46. The van der Waals surface area contributed by atoms with Gasteiger partial charge in [0.1, 0.15) is 5.75 Å². The van der Waals surface area contributed by atoms with Gasteiger partial charge in [0.05, 0.1) is 7.11 Å². The molecule has 0 radical (unpaired) electrons.